The maximum atomic E-state index is 12.1. The Balaban J connectivity index is 1.76. The van der Waals surface area contributed by atoms with E-state index in [1.165, 1.54) is 25.7 Å². The summed E-state index contributed by atoms with van der Waals surface area (Å²) in [5.74, 6) is 0.537. The first-order valence-corrected chi connectivity index (χ1v) is 9.52. The molecule has 2 N–H and O–H groups in total. The van der Waals surface area contributed by atoms with E-state index in [0.717, 1.165) is 25.3 Å². The Kier molecular flexibility index (Phi) is 7.92. The molecule has 0 bridgehead atoms. The molecule has 1 aromatic carbocycles. The third-order valence-electron chi connectivity index (χ3n) is 4.99. The highest BCUT2D eigenvalue weighted by Crippen LogP contribution is 2.27. The van der Waals surface area contributed by atoms with Crippen molar-refractivity contribution in [3.8, 4) is 0 Å². The third kappa shape index (κ3) is 6.50. The van der Waals surface area contributed by atoms with E-state index >= 15 is 0 Å². The van der Waals surface area contributed by atoms with Crippen LogP contribution in [0, 0.1) is 5.92 Å². The largest absolute Gasteiger partial charge is 0.351 e. The molecule has 0 radical (unpaired) electrons. The number of amides is 2. The normalized spacial score (nSPS) is 14.7. The Morgan fingerprint density at radius 1 is 1.08 bits per heavy atom. The molecule has 138 valence electrons. The van der Waals surface area contributed by atoms with Crippen LogP contribution in [-0.4, -0.2) is 42.9 Å². The summed E-state index contributed by atoms with van der Waals surface area (Å²) in [5.41, 5.74) is 1.37. The Morgan fingerprint density at radius 3 is 2.32 bits per heavy atom. The first kappa shape index (κ1) is 19.4. The van der Waals surface area contributed by atoms with E-state index in [-0.39, 0.29) is 11.8 Å². The predicted molar refractivity (Wildman–Crippen MR) is 102 cm³/mol. The highest BCUT2D eigenvalue weighted by atomic mass is 16.2. The van der Waals surface area contributed by atoms with Crippen LogP contribution < -0.4 is 10.6 Å². The Bertz CT molecular complexity index is 547. The molecule has 0 spiro atoms. The Labute approximate surface area is 151 Å². The molecule has 0 unspecified atom stereocenters. The minimum atomic E-state index is -0.0732. The maximum absolute atomic E-state index is 12.1. The van der Waals surface area contributed by atoms with Crippen LogP contribution in [0.2, 0.25) is 0 Å². The van der Waals surface area contributed by atoms with Crippen LogP contribution in [0.4, 0.5) is 5.69 Å². The minimum absolute atomic E-state index is 0.0725. The molecule has 25 heavy (non-hydrogen) atoms. The lowest BCUT2D eigenvalue weighted by Gasteiger charge is -2.18. The molecule has 0 saturated heterocycles. The van der Waals surface area contributed by atoms with Crippen LogP contribution in [-0.2, 0) is 4.79 Å². The number of anilines is 1. The average Bonchev–Trinajstić information content (AvgIpc) is 3.12. The lowest BCUT2D eigenvalue weighted by Crippen LogP contribution is -2.34. The SMILES string of the molecule is CCN(CC)CCNC(=O)c1ccc(NC(=O)CC2CCCC2)cc1. The second kappa shape index (κ2) is 10.2. The van der Waals surface area contributed by atoms with Crippen LogP contribution in [0.1, 0.15) is 56.3 Å². The number of carbonyl (C=O) groups is 2. The lowest BCUT2D eigenvalue weighted by molar-refractivity contribution is -0.117. The molecule has 0 aliphatic heterocycles. The zero-order chi connectivity index (χ0) is 18.1. The molecule has 5 heteroatoms. The molecule has 2 rings (SSSR count). The van der Waals surface area contributed by atoms with Crippen LogP contribution in [0.25, 0.3) is 0 Å². The third-order valence-corrected chi connectivity index (χ3v) is 4.99. The van der Waals surface area contributed by atoms with Gasteiger partial charge in [-0.05, 0) is 56.1 Å². The molecular weight excluding hydrogens is 314 g/mol. The number of benzene rings is 1. The molecule has 1 fully saturated rings. The Morgan fingerprint density at radius 2 is 1.72 bits per heavy atom. The van der Waals surface area contributed by atoms with Gasteiger partial charge in [0.1, 0.15) is 0 Å². The van der Waals surface area contributed by atoms with Crippen molar-refractivity contribution in [3.63, 3.8) is 0 Å². The fourth-order valence-electron chi connectivity index (χ4n) is 3.36. The minimum Gasteiger partial charge on any atom is -0.351 e. The summed E-state index contributed by atoms with van der Waals surface area (Å²) in [6.07, 6.45) is 5.43. The van der Waals surface area contributed by atoms with Gasteiger partial charge in [-0.25, -0.2) is 0 Å². The molecule has 0 heterocycles. The van der Waals surface area contributed by atoms with Gasteiger partial charge in [-0.2, -0.15) is 0 Å². The van der Waals surface area contributed by atoms with Crippen molar-refractivity contribution in [3.05, 3.63) is 29.8 Å². The number of likely N-dealkylation sites (N-methyl/N-ethyl adjacent to an activating group) is 1. The highest BCUT2D eigenvalue weighted by molar-refractivity contribution is 5.95. The van der Waals surface area contributed by atoms with Gasteiger partial charge >= 0.3 is 0 Å². The van der Waals surface area contributed by atoms with E-state index in [0.29, 0.717) is 24.4 Å². The van der Waals surface area contributed by atoms with E-state index in [4.69, 9.17) is 0 Å². The fraction of sp³-hybridized carbons (Fsp3) is 0.600. The molecular formula is C20H31N3O2. The second-order valence-electron chi connectivity index (χ2n) is 6.76. The van der Waals surface area contributed by atoms with Gasteiger partial charge in [-0.3, -0.25) is 9.59 Å². The van der Waals surface area contributed by atoms with Crippen molar-refractivity contribution < 1.29 is 9.59 Å². The quantitative estimate of drug-likeness (QED) is 0.722. The van der Waals surface area contributed by atoms with Gasteiger partial charge in [0.2, 0.25) is 5.91 Å². The number of rotatable bonds is 9. The zero-order valence-corrected chi connectivity index (χ0v) is 15.5. The second-order valence-corrected chi connectivity index (χ2v) is 6.76. The molecule has 0 atom stereocenters. The molecule has 1 aliphatic carbocycles. The van der Waals surface area contributed by atoms with Crippen molar-refractivity contribution in [2.45, 2.75) is 46.0 Å². The van der Waals surface area contributed by atoms with E-state index in [1.54, 1.807) is 24.3 Å². The van der Waals surface area contributed by atoms with E-state index < -0.39 is 0 Å². The van der Waals surface area contributed by atoms with Crippen LogP contribution in [0.5, 0.6) is 0 Å². The van der Waals surface area contributed by atoms with Gasteiger partial charge in [0.25, 0.3) is 5.91 Å². The lowest BCUT2D eigenvalue weighted by atomic mass is 10.0. The van der Waals surface area contributed by atoms with Gasteiger partial charge in [0.05, 0.1) is 0 Å². The van der Waals surface area contributed by atoms with Crippen molar-refractivity contribution >= 4 is 17.5 Å². The number of hydrogen-bond donors (Lipinski definition) is 2. The van der Waals surface area contributed by atoms with Crippen molar-refractivity contribution in [1.29, 1.82) is 0 Å². The summed E-state index contributed by atoms with van der Waals surface area (Å²) in [5, 5.41) is 5.87. The smallest absolute Gasteiger partial charge is 0.251 e. The van der Waals surface area contributed by atoms with E-state index in [2.05, 4.69) is 29.4 Å². The molecule has 0 aromatic heterocycles. The van der Waals surface area contributed by atoms with Crippen molar-refractivity contribution in [2.75, 3.05) is 31.5 Å². The summed E-state index contributed by atoms with van der Waals surface area (Å²) < 4.78 is 0. The first-order chi connectivity index (χ1) is 12.1. The predicted octanol–water partition coefficient (Wildman–Crippen LogP) is 3.28. The number of hydrogen-bond acceptors (Lipinski definition) is 3. The maximum Gasteiger partial charge on any atom is 0.251 e. The van der Waals surface area contributed by atoms with Gasteiger partial charge in [0.15, 0.2) is 0 Å². The zero-order valence-electron chi connectivity index (χ0n) is 15.5. The first-order valence-electron chi connectivity index (χ1n) is 9.52. The average molecular weight is 345 g/mol. The molecule has 1 aromatic rings. The molecule has 5 nitrogen and oxygen atoms in total. The highest BCUT2D eigenvalue weighted by Gasteiger charge is 2.18. The van der Waals surface area contributed by atoms with Gasteiger partial charge in [-0.1, -0.05) is 26.7 Å². The van der Waals surface area contributed by atoms with Crippen LogP contribution in [0.15, 0.2) is 24.3 Å². The molecule has 2 amide bonds. The standard InChI is InChI=1S/C20H31N3O2/c1-3-23(4-2)14-13-21-20(25)17-9-11-18(12-10-17)22-19(24)15-16-7-5-6-8-16/h9-12,16H,3-8,13-15H2,1-2H3,(H,21,25)(H,22,24). The van der Waals surface area contributed by atoms with Gasteiger partial charge in [0, 0.05) is 30.8 Å². The molecule has 1 saturated carbocycles. The number of nitrogens with zero attached hydrogens (tertiary/aromatic N) is 1. The van der Waals surface area contributed by atoms with Gasteiger partial charge in [-0.15, -0.1) is 0 Å². The topological polar surface area (TPSA) is 61.4 Å². The molecule has 1 aliphatic rings. The number of nitrogens with one attached hydrogen (secondary N) is 2. The summed E-state index contributed by atoms with van der Waals surface area (Å²) in [6, 6.07) is 7.12. The van der Waals surface area contributed by atoms with Gasteiger partial charge < -0.3 is 15.5 Å². The summed E-state index contributed by atoms with van der Waals surface area (Å²) in [6.45, 7) is 7.70. The summed E-state index contributed by atoms with van der Waals surface area (Å²) in [7, 11) is 0. The Hall–Kier alpha value is -1.88. The summed E-state index contributed by atoms with van der Waals surface area (Å²) in [4.78, 5) is 26.5. The van der Waals surface area contributed by atoms with E-state index in [1.807, 2.05) is 0 Å². The van der Waals surface area contributed by atoms with E-state index in [9.17, 15) is 9.59 Å². The van der Waals surface area contributed by atoms with Crippen molar-refractivity contribution in [1.82, 2.24) is 10.2 Å². The number of carbonyl (C=O) groups excluding carboxylic acids is 2. The monoisotopic (exact) mass is 345 g/mol. The summed E-state index contributed by atoms with van der Waals surface area (Å²) >= 11 is 0. The van der Waals surface area contributed by atoms with Crippen molar-refractivity contribution in [2.24, 2.45) is 5.92 Å². The fourth-order valence-corrected chi connectivity index (χ4v) is 3.36. The van der Waals surface area contributed by atoms with Crippen LogP contribution >= 0.6 is 0 Å². The van der Waals surface area contributed by atoms with Crippen LogP contribution in [0.3, 0.4) is 0 Å².